The molecular weight excluding hydrogens is 513 g/mol. The summed E-state index contributed by atoms with van der Waals surface area (Å²) in [6.45, 7) is 7.71. The lowest BCUT2D eigenvalue weighted by molar-refractivity contribution is 0.168. The number of pyridine rings is 1. The Bertz CT molecular complexity index is 1520. The zero-order valence-electron chi connectivity index (χ0n) is 22.7. The molecule has 0 saturated carbocycles. The highest BCUT2D eigenvalue weighted by atomic mass is 19.1. The van der Waals surface area contributed by atoms with Crippen molar-refractivity contribution in [1.82, 2.24) is 45.1 Å². The van der Waals surface area contributed by atoms with Crippen LogP contribution in [-0.2, 0) is 12.8 Å². The number of rotatable bonds is 6. The maximum Gasteiger partial charge on any atom is 0.318 e. The van der Waals surface area contributed by atoms with E-state index in [2.05, 4.69) is 35.8 Å². The molecule has 40 heavy (non-hydrogen) atoms. The smallest absolute Gasteiger partial charge is 0.318 e. The molecule has 1 saturated heterocycles. The number of urea groups is 1. The Morgan fingerprint density at radius 3 is 2.77 bits per heavy atom. The molecule has 5 heterocycles. The Balaban J connectivity index is 1.10. The van der Waals surface area contributed by atoms with Crippen molar-refractivity contribution in [3.8, 4) is 5.82 Å². The van der Waals surface area contributed by atoms with Crippen LogP contribution in [0.2, 0.25) is 0 Å². The van der Waals surface area contributed by atoms with Crippen molar-refractivity contribution in [3.63, 3.8) is 0 Å². The van der Waals surface area contributed by atoms with Crippen LogP contribution in [-0.4, -0.2) is 71.5 Å². The first-order valence-corrected chi connectivity index (χ1v) is 13.5. The van der Waals surface area contributed by atoms with Gasteiger partial charge < -0.3 is 20.4 Å². The summed E-state index contributed by atoms with van der Waals surface area (Å²) in [6, 6.07) is 5.12. The predicted molar refractivity (Wildman–Crippen MR) is 147 cm³/mol. The first-order valence-electron chi connectivity index (χ1n) is 13.5. The lowest BCUT2D eigenvalue weighted by Crippen LogP contribution is -2.57. The van der Waals surface area contributed by atoms with Crippen molar-refractivity contribution in [2.75, 3.05) is 29.9 Å². The maximum atomic E-state index is 13.3. The fraction of sp³-hybridized carbons (Fsp3) is 0.407. The number of hydrogen-bond donors (Lipinski definition) is 3. The highest BCUT2D eigenvalue weighted by Gasteiger charge is 2.31. The van der Waals surface area contributed by atoms with E-state index in [9.17, 15) is 9.18 Å². The number of aromatic amines is 1. The van der Waals surface area contributed by atoms with Crippen molar-refractivity contribution < 1.29 is 9.18 Å². The van der Waals surface area contributed by atoms with Gasteiger partial charge in [-0.15, -0.1) is 0 Å². The zero-order valence-corrected chi connectivity index (χ0v) is 22.7. The van der Waals surface area contributed by atoms with Crippen LogP contribution in [0.25, 0.3) is 5.82 Å². The van der Waals surface area contributed by atoms with Gasteiger partial charge in [0, 0.05) is 49.2 Å². The maximum absolute atomic E-state index is 13.3. The van der Waals surface area contributed by atoms with Gasteiger partial charge in [0.1, 0.15) is 5.82 Å². The van der Waals surface area contributed by atoms with Gasteiger partial charge in [-0.2, -0.15) is 15.2 Å². The first kappa shape index (κ1) is 25.7. The SMILES string of the molecule is Cc1cc(Nc2nc(N3CCN(C(=O)N[C@@H](C)c4ccc(-n5cc(F)cn5)nc4)C(C)C3)nc3c2CCC3)n[nH]1. The molecule has 2 aliphatic rings. The molecular formula is C27H32FN11O. The lowest BCUT2D eigenvalue weighted by atomic mass is 10.1. The molecule has 0 radical (unpaired) electrons. The van der Waals surface area contributed by atoms with Crippen molar-refractivity contribution in [3.05, 3.63) is 65.1 Å². The standard InChI is InChI=1S/C27H32FN11O/c1-16-11-23(36-35-16)33-25-21-5-4-6-22(21)32-26(34-25)37-9-10-38(17(2)14-37)27(40)31-18(3)19-7-8-24(29-12-19)39-15-20(28)13-30-39/h7-8,11-13,15,17-18H,4-6,9-10,14H2,1-3H3,(H,31,40)(H2,32,33,34,35,36)/t17?,18-/m0/s1. The second kappa shape index (κ2) is 10.5. The van der Waals surface area contributed by atoms with Crippen LogP contribution in [0.4, 0.5) is 26.8 Å². The summed E-state index contributed by atoms with van der Waals surface area (Å²) in [5.41, 5.74) is 4.06. The van der Waals surface area contributed by atoms with Gasteiger partial charge in [-0.25, -0.2) is 23.8 Å². The number of hydrogen-bond acceptors (Lipinski definition) is 8. The molecule has 4 aromatic heterocycles. The second-order valence-corrected chi connectivity index (χ2v) is 10.4. The fourth-order valence-corrected chi connectivity index (χ4v) is 5.28. The summed E-state index contributed by atoms with van der Waals surface area (Å²) in [6.07, 6.45) is 7.01. The molecule has 1 aliphatic heterocycles. The van der Waals surface area contributed by atoms with E-state index >= 15 is 0 Å². The molecule has 3 N–H and O–H groups in total. The Morgan fingerprint density at radius 1 is 1.20 bits per heavy atom. The number of carbonyl (C=O) groups is 1. The van der Waals surface area contributed by atoms with E-state index in [0.29, 0.717) is 31.4 Å². The molecule has 0 aromatic carbocycles. The minimum atomic E-state index is -0.426. The van der Waals surface area contributed by atoms with Crippen LogP contribution in [0.15, 0.2) is 36.8 Å². The molecule has 2 amide bonds. The Labute approximate surface area is 231 Å². The quantitative estimate of drug-likeness (QED) is 0.336. The molecule has 2 atom stereocenters. The number of fused-ring (bicyclic) bond motifs is 1. The lowest BCUT2D eigenvalue weighted by Gasteiger charge is -2.40. The van der Waals surface area contributed by atoms with Crippen LogP contribution in [0.5, 0.6) is 0 Å². The monoisotopic (exact) mass is 545 g/mol. The van der Waals surface area contributed by atoms with Gasteiger partial charge in [-0.1, -0.05) is 6.07 Å². The number of anilines is 3. The minimum absolute atomic E-state index is 0.0431. The molecule has 4 aromatic rings. The number of aromatic nitrogens is 7. The van der Waals surface area contributed by atoms with Crippen molar-refractivity contribution in [2.45, 2.75) is 52.1 Å². The Morgan fingerprint density at radius 2 is 2.08 bits per heavy atom. The van der Waals surface area contributed by atoms with Gasteiger partial charge in [-0.05, 0) is 51.7 Å². The summed E-state index contributed by atoms with van der Waals surface area (Å²) < 4.78 is 14.6. The van der Waals surface area contributed by atoms with E-state index < -0.39 is 5.82 Å². The van der Waals surface area contributed by atoms with Gasteiger partial charge >= 0.3 is 6.03 Å². The molecule has 13 heteroatoms. The van der Waals surface area contributed by atoms with E-state index in [-0.39, 0.29) is 18.1 Å². The normalized spacial score (nSPS) is 17.6. The van der Waals surface area contributed by atoms with Crippen molar-refractivity contribution >= 4 is 23.6 Å². The molecule has 1 unspecified atom stereocenters. The number of aryl methyl sites for hydroxylation is 2. The third-order valence-electron chi connectivity index (χ3n) is 7.44. The highest BCUT2D eigenvalue weighted by Crippen LogP contribution is 2.31. The highest BCUT2D eigenvalue weighted by molar-refractivity contribution is 5.75. The summed E-state index contributed by atoms with van der Waals surface area (Å²) >= 11 is 0. The molecule has 0 spiro atoms. The summed E-state index contributed by atoms with van der Waals surface area (Å²) in [5.74, 6) is 2.30. The molecule has 1 fully saturated rings. The van der Waals surface area contributed by atoms with E-state index in [0.717, 1.165) is 59.6 Å². The molecule has 0 bridgehead atoms. The predicted octanol–water partition coefficient (Wildman–Crippen LogP) is 3.44. The van der Waals surface area contributed by atoms with Crippen LogP contribution in [0.1, 0.15) is 48.8 Å². The van der Waals surface area contributed by atoms with E-state index in [4.69, 9.17) is 9.97 Å². The minimum Gasteiger partial charge on any atom is -0.337 e. The van der Waals surface area contributed by atoms with Crippen LogP contribution in [0.3, 0.4) is 0 Å². The zero-order chi connectivity index (χ0) is 27.8. The number of carbonyl (C=O) groups excluding carboxylic acids is 1. The topological polar surface area (TPSA) is 133 Å². The molecule has 1 aliphatic carbocycles. The van der Waals surface area contributed by atoms with Crippen molar-refractivity contribution in [2.24, 2.45) is 0 Å². The van der Waals surface area contributed by atoms with Gasteiger partial charge in [0.05, 0.1) is 24.1 Å². The molecule has 208 valence electrons. The van der Waals surface area contributed by atoms with E-state index in [1.54, 1.807) is 12.3 Å². The van der Waals surface area contributed by atoms with Crippen LogP contribution < -0.4 is 15.5 Å². The van der Waals surface area contributed by atoms with Crippen LogP contribution >= 0.6 is 0 Å². The largest absolute Gasteiger partial charge is 0.337 e. The number of piperazine rings is 1. The van der Waals surface area contributed by atoms with Crippen molar-refractivity contribution in [1.29, 1.82) is 0 Å². The first-order chi connectivity index (χ1) is 19.3. The number of halogens is 1. The summed E-state index contributed by atoms with van der Waals surface area (Å²) in [4.78, 5) is 31.4. The third kappa shape index (κ3) is 5.18. The van der Waals surface area contributed by atoms with Gasteiger partial charge in [-0.3, -0.25) is 5.10 Å². The average molecular weight is 546 g/mol. The number of nitrogens with one attached hydrogen (secondary N) is 3. The number of H-pyrrole nitrogens is 1. The molecule has 12 nitrogen and oxygen atoms in total. The van der Waals surface area contributed by atoms with Gasteiger partial charge in [0.2, 0.25) is 5.95 Å². The Kier molecular flexibility index (Phi) is 6.78. The van der Waals surface area contributed by atoms with Gasteiger partial charge in [0.15, 0.2) is 17.5 Å². The second-order valence-electron chi connectivity index (χ2n) is 10.4. The Hall–Kier alpha value is -4.55. The number of amides is 2. The molecule has 6 rings (SSSR count). The van der Waals surface area contributed by atoms with Gasteiger partial charge in [0.25, 0.3) is 0 Å². The van der Waals surface area contributed by atoms with E-state index in [1.807, 2.05) is 37.8 Å². The fourth-order valence-electron chi connectivity index (χ4n) is 5.28. The van der Waals surface area contributed by atoms with Crippen LogP contribution in [0, 0.1) is 12.7 Å². The third-order valence-corrected chi connectivity index (χ3v) is 7.44. The number of nitrogens with zero attached hydrogens (tertiary/aromatic N) is 8. The average Bonchev–Trinajstić information content (AvgIpc) is 3.70. The van der Waals surface area contributed by atoms with E-state index in [1.165, 1.54) is 10.9 Å². The summed E-state index contributed by atoms with van der Waals surface area (Å²) in [7, 11) is 0. The summed E-state index contributed by atoms with van der Waals surface area (Å²) in [5, 5.41) is 17.6.